The number of carboxylic acids is 1. The zero-order chi connectivity index (χ0) is 13.9. The number of hydrogen-bond donors (Lipinski definition) is 3. The Hall–Kier alpha value is -1.63. The van der Waals surface area contributed by atoms with Gasteiger partial charge in [0, 0.05) is 6.42 Å². The molecule has 98 valence electrons. The normalized spacial score (nSPS) is 14.8. The van der Waals surface area contributed by atoms with Crippen molar-refractivity contribution >= 4 is 17.8 Å². The Labute approximate surface area is 99.1 Å². The van der Waals surface area contributed by atoms with Crippen molar-refractivity contribution in [1.82, 2.24) is 0 Å². The van der Waals surface area contributed by atoms with Crippen LogP contribution < -0.4 is 11.5 Å². The highest BCUT2D eigenvalue weighted by atomic mass is 16.6. The van der Waals surface area contributed by atoms with Gasteiger partial charge in [-0.05, 0) is 27.2 Å². The molecule has 0 rings (SSSR count). The van der Waals surface area contributed by atoms with Gasteiger partial charge in [-0.25, -0.2) is 9.59 Å². The molecule has 0 aromatic carbocycles. The molecule has 0 aromatic heterocycles. The lowest BCUT2D eigenvalue weighted by Crippen LogP contribution is -2.57. The number of nitrogens with two attached hydrogens (primary N) is 2. The lowest BCUT2D eigenvalue weighted by atomic mass is 9.94. The van der Waals surface area contributed by atoms with Crippen LogP contribution in [0.5, 0.6) is 0 Å². The van der Waals surface area contributed by atoms with Crippen molar-refractivity contribution in [3.63, 3.8) is 0 Å². The van der Waals surface area contributed by atoms with E-state index in [9.17, 15) is 14.4 Å². The van der Waals surface area contributed by atoms with E-state index in [0.29, 0.717) is 0 Å². The second-order valence-corrected chi connectivity index (χ2v) is 4.74. The van der Waals surface area contributed by atoms with Crippen LogP contribution in [0, 0.1) is 0 Å². The standard InChI is InChI=1S/C10H18N2O5/c1-9(2,3)17-8(16)10(12,7(14)15)5-4-6(11)13/h4-5,12H2,1-3H3,(H2,11,13)(H,14,15)/t10-/m1/s1. The summed E-state index contributed by atoms with van der Waals surface area (Å²) in [7, 11) is 0. The molecular formula is C10H18N2O5. The Bertz CT molecular complexity index is 334. The molecule has 0 radical (unpaired) electrons. The first-order valence-corrected chi connectivity index (χ1v) is 5.03. The molecule has 0 saturated carbocycles. The smallest absolute Gasteiger partial charge is 0.338 e. The average Bonchev–Trinajstić information content (AvgIpc) is 2.10. The van der Waals surface area contributed by atoms with Crippen molar-refractivity contribution in [3.8, 4) is 0 Å². The molecule has 0 aliphatic rings. The van der Waals surface area contributed by atoms with Gasteiger partial charge in [0.1, 0.15) is 5.60 Å². The second kappa shape index (κ2) is 5.13. The molecule has 1 amide bonds. The number of hydrogen-bond acceptors (Lipinski definition) is 5. The van der Waals surface area contributed by atoms with Crippen molar-refractivity contribution < 1.29 is 24.2 Å². The van der Waals surface area contributed by atoms with Crippen LogP contribution >= 0.6 is 0 Å². The SMILES string of the molecule is CC(C)(C)OC(=O)[C@@](N)(CCC(N)=O)C(=O)O. The van der Waals surface area contributed by atoms with E-state index in [-0.39, 0.29) is 6.42 Å². The number of carbonyl (C=O) groups excluding carboxylic acids is 2. The quantitative estimate of drug-likeness (QED) is 0.437. The minimum atomic E-state index is -2.25. The van der Waals surface area contributed by atoms with E-state index in [1.807, 2.05) is 0 Å². The molecule has 0 aliphatic carbocycles. The lowest BCUT2D eigenvalue weighted by molar-refractivity contribution is -0.169. The molecule has 0 aromatic rings. The monoisotopic (exact) mass is 246 g/mol. The highest BCUT2D eigenvalue weighted by Crippen LogP contribution is 2.17. The number of ether oxygens (including phenoxy) is 1. The van der Waals surface area contributed by atoms with Crippen molar-refractivity contribution in [2.45, 2.75) is 44.8 Å². The van der Waals surface area contributed by atoms with E-state index in [1.54, 1.807) is 20.8 Å². The summed E-state index contributed by atoms with van der Waals surface area (Å²) in [5.74, 6) is -3.36. The number of carboxylic acid groups (broad SMARTS) is 1. The number of primary amides is 1. The van der Waals surface area contributed by atoms with Crippen LogP contribution in [0.15, 0.2) is 0 Å². The van der Waals surface area contributed by atoms with Crippen LogP contribution in [0.25, 0.3) is 0 Å². The number of amides is 1. The largest absolute Gasteiger partial charge is 0.479 e. The fourth-order valence-corrected chi connectivity index (χ4v) is 0.986. The summed E-state index contributed by atoms with van der Waals surface area (Å²) in [5, 5.41) is 8.93. The zero-order valence-electron chi connectivity index (χ0n) is 10.1. The van der Waals surface area contributed by atoms with E-state index < -0.39 is 35.4 Å². The average molecular weight is 246 g/mol. The molecule has 0 saturated heterocycles. The molecule has 0 fully saturated rings. The minimum absolute atomic E-state index is 0.304. The number of rotatable bonds is 5. The van der Waals surface area contributed by atoms with Crippen molar-refractivity contribution in [1.29, 1.82) is 0 Å². The van der Waals surface area contributed by atoms with Gasteiger partial charge in [-0.3, -0.25) is 4.79 Å². The van der Waals surface area contributed by atoms with Gasteiger partial charge in [0.25, 0.3) is 0 Å². The Kier molecular flexibility index (Phi) is 4.64. The highest BCUT2D eigenvalue weighted by molar-refractivity contribution is 6.04. The molecule has 0 bridgehead atoms. The first-order valence-electron chi connectivity index (χ1n) is 5.03. The highest BCUT2D eigenvalue weighted by Gasteiger charge is 2.45. The fourth-order valence-electron chi connectivity index (χ4n) is 0.986. The van der Waals surface area contributed by atoms with Crippen molar-refractivity contribution in [3.05, 3.63) is 0 Å². The van der Waals surface area contributed by atoms with Gasteiger partial charge < -0.3 is 21.3 Å². The molecule has 17 heavy (non-hydrogen) atoms. The van der Waals surface area contributed by atoms with E-state index in [0.717, 1.165) is 0 Å². The van der Waals surface area contributed by atoms with Crippen LogP contribution in [0.2, 0.25) is 0 Å². The van der Waals surface area contributed by atoms with E-state index >= 15 is 0 Å². The molecule has 7 heteroatoms. The first kappa shape index (κ1) is 15.4. The van der Waals surface area contributed by atoms with E-state index in [1.165, 1.54) is 0 Å². The third kappa shape index (κ3) is 4.81. The first-order chi connectivity index (χ1) is 7.49. The Morgan fingerprint density at radius 3 is 2.00 bits per heavy atom. The van der Waals surface area contributed by atoms with Crippen LogP contribution in [0.1, 0.15) is 33.6 Å². The van der Waals surface area contributed by atoms with Crippen LogP contribution in [0.3, 0.4) is 0 Å². The molecule has 0 heterocycles. The maximum Gasteiger partial charge on any atom is 0.338 e. The van der Waals surface area contributed by atoms with Crippen molar-refractivity contribution in [2.75, 3.05) is 0 Å². The molecule has 1 atom stereocenters. The topological polar surface area (TPSA) is 133 Å². The zero-order valence-corrected chi connectivity index (χ0v) is 10.1. The minimum Gasteiger partial charge on any atom is -0.479 e. The van der Waals surface area contributed by atoms with Gasteiger partial charge in [-0.2, -0.15) is 0 Å². The predicted octanol–water partition coefficient (Wildman–Crippen LogP) is -0.624. The molecule has 7 nitrogen and oxygen atoms in total. The van der Waals surface area contributed by atoms with Gasteiger partial charge in [0.15, 0.2) is 0 Å². The van der Waals surface area contributed by atoms with Gasteiger partial charge >= 0.3 is 11.9 Å². The molecule has 5 N–H and O–H groups in total. The molecule has 0 aliphatic heterocycles. The van der Waals surface area contributed by atoms with E-state index in [2.05, 4.69) is 0 Å². The Morgan fingerprint density at radius 1 is 1.24 bits per heavy atom. The van der Waals surface area contributed by atoms with Gasteiger partial charge in [0.05, 0.1) is 0 Å². The van der Waals surface area contributed by atoms with Crippen molar-refractivity contribution in [2.24, 2.45) is 11.5 Å². The summed E-state index contributed by atoms with van der Waals surface area (Å²) in [6.45, 7) is 4.75. The van der Waals surface area contributed by atoms with Crippen LogP contribution in [0.4, 0.5) is 0 Å². The predicted molar refractivity (Wildman–Crippen MR) is 58.8 cm³/mol. The van der Waals surface area contributed by atoms with Gasteiger partial charge in [-0.1, -0.05) is 0 Å². The summed E-state index contributed by atoms with van der Waals surface area (Å²) >= 11 is 0. The van der Waals surface area contributed by atoms with Gasteiger partial charge in [-0.15, -0.1) is 0 Å². The fraction of sp³-hybridized carbons (Fsp3) is 0.700. The summed E-state index contributed by atoms with van der Waals surface area (Å²) < 4.78 is 4.90. The third-order valence-electron chi connectivity index (χ3n) is 1.91. The van der Waals surface area contributed by atoms with E-state index in [4.69, 9.17) is 21.3 Å². The molecule has 0 unspecified atom stereocenters. The van der Waals surface area contributed by atoms with Crippen LogP contribution in [-0.2, 0) is 19.1 Å². The summed E-state index contributed by atoms with van der Waals surface area (Å²) in [4.78, 5) is 33.2. The number of carbonyl (C=O) groups is 3. The Morgan fingerprint density at radius 2 is 1.71 bits per heavy atom. The number of aliphatic carboxylic acids is 1. The second-order valence-electron chi connectivity index (χ2n) is 4.74. The Balaban J connectivity index is 4.88. The molecular weight excluding hydrogens is 228 g/mol. The van der Waals surface area contributed by atoms with Crippen LogP contribution in [-0.4, -0.2) is 34.1 Å². The summed E-state index contributed by atoms with van der Waals surface area (Å²) in [6.07, 6.45) is -0.700. The maximum absolute atomic E-state index is 11.7. The molecule has 0 spiro atoms. The maximum atomic E-state index is 11.7. The number of esters is 1. The van der Waals surface area contributed by atoms with Gasteiger partial charge in [0.2, 0.25) is 11.4 Å². The summed E-state index contributed by atoms with van der Waals surface area (Å²) in [6, 6.07) is 0. The lowest BCUT2D eigenvalue weighted by Gasteiger charge is -2.27. The third-order valence-corrected chi connectivity index (χ3v) is 1.91. The summed E-state index contributed by atoms with van der Waals surface area (Å²) in [5.41, 5.74) is 7.24.